The second-order valence-electron chi connectivity index (χ2n) is 17.7. The number of anilines is 3. The first kappa shape index (κ1) is 32.0. The molecule has 272 valence electrons. The van der Waals surface area contributed by atoms with Crippen molar-refractivity contribution in [1.82, 2.24) is 0 Å². The van der Waals surface area contributed by atoms with Gasteiger partial charge in [-0.2, -0.15) is 0 Å². The van der Waals surface area contributed by atoms with Gasteiger partial charge >= 0.3 is 0 Å². The van der Waals surface area contributed by atoms with Crippen molar-refractivity contribution in [2.75, 3.05) is 4.90 Å². The van der Waals surface area contributed by atoms with Gasteiger partial charge < -0.3 is 4.90 Å². The summed E-state index contributed by atoms with van der Waals surface area (Å²) in [4.78, 5) is 2.54. The molecule has 4 fully saturated rings. The van der Waals surface area contributed by atoms with Crippen molar-refractivity contribution in [3.05, 3.63) is 199 Å². The van der Waals surface area contributed by atoms with Gasteiger partial charge in [0.05, 0.1) is 5.69 Å². The van der Waals surface area contributed by atoms with Crippen molar-refractivity contribution in [2.45, 2.75) is 31.1 Å². The van der Waals surface area contributed by atoms with Crippen LogP contribution in [0.4, 0.5) is 17.1 Å². The fourth-order valence-electron chi connectivity index (χ4n) is 13.4. The number of rotatable bonds is 6. The van der Waals surface area contributed by atoms with Crippen molar-refractivity contribution in [1.29, 1.82) is 0 Å². The first-order valence-corrected chi connectivity index (χ1v) is 21.1. The predicted molar refractivity (Wildman–Crippen MR) is 236 cm³/mol. The maximum atomic E-state index is 2.54. The summed E-state index contributed by atoms with van der Waals surface area (Å²) in [6, 6.07) is 70.5. The summed E-state index contributed by atoms with van der Waals surface area (Å²) in [5.41, 5.74) is 18.0. The quantitative estimate of drug-likeness (QED) is 0.165. The summed E-state index contributed by atoms with van der Waals surface area (Å²) in [7, 11) is 0. The highest BCUT2D eigenvalue weighted by Crippen LogP contribution is 2.89. The summed E-state index contributed by atoms with van der Waals surface area (Å²) in [5, 5.41) is 2.55. The summed E-state index contributed by atoms with van der Waals surface area (Å²) in [6.07, 6.45) is 5.81. The molecule has 2 bridgehead atoms. The monoisotopic (exact) mass is 729 g/mol. The molecule has 0 heterocycles. The number of hydrogen-bond acceptors (Lipinski definition) is 1. The molecule has 4 saturated carbocycles. The van der Waals surface area contributed by atoms with E-state index in [1.807, 2.05) is 0 Å². The maximum absolute atomic E-state index is 2.54. The lowest BCUT2D eigenvalue weighted by atomic mass is 9.27. The van der Waals surface area contributed by atoms with Gasteiger partial charge in [0.1, 0.15) is 0 Å². The third kappa shape index (κ3) is 4.25. The van der Waals surface area contributed by atoms with Crippen LogP contribution >= 0.6 is 0 Å². The lowest BCUT2D eigenvalue weighted by Crippen LogP contribution is -2.73. The van der Waals surface area contributed by atoms with Crippen LogP contribution in [0.1, 0.15) is 36.8 Å². The molecule has 8 aromatic rings. The van der Waals surface area contributed by atoms with Crippen LogP contribution in [0.15, 0.2) is 188 Å². The second-order valence-corrected chi connectivity index (χ2v) is 17.7. The highest BCUT2D eigenvalue weighted by Gasteiger charge is 2.84. The fraction of sp³-hybridized carbons (Fsp3) is 0.179. The zero-order valence-corrected chi connectivity index (χ0v) is 32.0. The van der Waals surface area contributed by atoms with Gasteiger partial charge in [0.25, 0.3) is 0 Å². The van der Waals surface area contributed by atoms with Crippen LogP contribution in [0.2, 0.25) is 0 Å². The first-order chi connectivity index (χ1) is 28.2. The van der Waals surface area contributed by atoms with Gasteiger partial charge in [-0.1, -0.05) is 152 Å². The average Bonchev–Trinajstić information content (AvgIpc) is 3.92. The largest absolute Gasteiger partial charge is 0.310 e. The van der Waals surface area contributed by atoms with Gasteiger partial charge in [-0.3, -0.25) is 0 Å². The number of nitrogens with zero attached hydrogens (tertiary/aromatic N) is 1. The van der Waals surface area contributed by atoms with E-state index < -0.39 is 0 Å². The normalized spacial score (nSPS) is 25.4. The zero-order chi connectivity index (χ0) is 37.3. The van der Waals surface area contributed by atoms with Crippen molar-refractivity contribution < 1.29 is 0 Å². The van der Waals surface area contributed by atoms with Gasteiger partial charge in [0.2, 0.25) is 0 Å². The van der Waals surface area contributed by atoms with Crippen LogP contribution < -0.4 is 4.90 Å². The third-order valence-electron chi connectivity index (χ3n) is 15.5. The van der Waals surface area contributed by atoms with Gasteiger partial charge in [0.15, 0.2) is 0 Å². The lowest BCUT2D eigenvalue weighted by molar-refractivity contribution is -0.231. The van der Waals surface area contributed by atoms with E-state index in [-0.39, 0.29) is 5.41 Å². The van der Waals surface area contributed by atoms with E-state index in [4.69, 9.17) is 0 Å². The van der Waals surface area contributed by atoms with Crippen LogP contribution in [0.25, 0.3) is 55.3 Å². The van der Waals surface area contributed by atoms with E-state index in [2.05, 4.69) is 193 Å². The van der Waals surface area contributed by atoms with Crippen LogP contribution in [0.5, 0.6) is 0 Å². The van der Waals surface area contributed by atoms with E-state index in [1.165, 1.54) is 98.0 Å². The van der Waals surface area contributed by atoms with E-state index >= 15 is 0 Å². The van der Waals surface area contributed by atoms with Crippen molar-refractivity contribution in [2.24, 2.45) is 29.1 Å². The summed E-state index contributed by atoms with van der Waals surface area (Å²) >= 11 is 0. The summed E-state index contributed by atoms with van der Waals surface area (Å²) in [5.74, 6) is 3.48. The molecule has 5 aliphatic carbocycles. The standard InChI is InChI=1S/C56H43N/c1-2-9-37(10-3-1)39-17-19-40(20-18-39)41-23-27-46(28-24-41)57(47-29-25-42(26-30-47)44-22-21-38-11-4-5-12-43(38)33-44)51-16-8-15-50-54(51)48-13-6-7-14-49(48)56(50)52-32-36-31-45-34-53(56)55(45,52)35-36/h1-30,33,36,45,52-53H,31-32,34-35H2. The Kier molecular flexibility index (Phi) is 6.55. The highest BCUT2D eigenvalue weighted by atomic mass is 15.1. The molecule has 6 unspecified atom stereocenters. The van der Waals surface area contributed by atoms with Crippen LogP contribution in [-0.4, -0.2) is 0 Å². The molecule has 0 saturated heterocycles. The fourth-order valence-corrected chi connectivity index (χ4v) is 13.4. The molecule has 0 amide bonds. The van der Waals surface area contributed by atoms with E-state index in [0.717, 1.165) is 23.7 Å². The first-order valence-electron chi connectivity index (χ1n) is 21.1. The van der Waals surface area contributed by atoms with Crippen LogP contribution in [0.3, 0.4) is 0 Å². The SMILES string of the molecule is c1ccc(-c2ccc(-c3ccc(N(c4ccc(-c5ccc6ccccc6c5)cc4)c4cccc5c4-c4ccccc4C54C5CC6CC7CC4C75C6)cc3)cc2)cc1. The topological polar surface area (TPSA) is 3.24 Å². The molecule has 0 N–H and O–H groups in total. The Labute approximate surface area is 335 Å². The molecule has 1 nitrogen and oxygen atoms in total. The Hall–Kier alpha value is -6.18. The molecule has 57 heavy (non-hydrogen) atoms. The zero-order valence-electron chi connectivity index (χ0n) is 32.0. The Morgan fingerprint density at radius 2 is 0.982 bits per heavy atom. The van der Waals surface area contributed by atoms with Gasteiger partial charge in [0, 0.05) is 22.4 Å². The van der Waals surface area contributed by atoms with Crippen LogP contribution in [0, 0.1) is 29.1 Å². The molecular formula is C56H43N. The molecular weight excluding hydrogens is 687 g/mol. The Morgan fingerprint density at radius 3 is 1.70 bits per heavy atom. The number of fused-ring (bicyclic) bond motifs is 9. The van der Waals surface area contributed by atoms with E-state index in [1.54, 1.807) is 11.1 Å². The minimum absolute atomic E-state index is 0.162. The summed E-state index contributed by atoms with van der Waals surface area (Å²) < 4.78 is 0. The highest BCUT2D eigenvalue weighted by molar-refractivity contribution is 5.96. The van der Waals surface area contributed by atoms with Gasteiger partial charge in [-0.05, 0) is 152 Å². The lowest BCUT2D eigenvalue weighted by Gasteiger charge is -2.76. The molecule has 2 spiro atoms. The van der Waals surface area contributed by atoms with E-state index in [9.17, 15) is 0 Å². The smallest absolute Gasteiger partial charge is 0.0543 e. The Balaban J connectivity index is 0.940. The Bertz CT molecular complexity index is 2870. The maximum Gasteiger partial charge on any atom is 0.0543 e. The number of benzene rings is 8. The van der Waals surface area contributed by atoms with Crippen molar-refractivity contribution in [3.63, 3.8) is 0 Å². The van der Waals surface area contributed by atoms with Gasteiger partial charge in [-0.15, -0.1) is 0 Å². The summed E-state index contributed by atoms with van der Waals surface area (Å²) in [6.45, 7) is 0. The van der Waals surface area contributed by atoms with Gasteiger partial charge in [-0.25, -0.2) is 0 Å². The predicted octanol–water partition coefficient (Wildman–Crippen LogP) is 14.6. The van der Waals surface area contributed by atoms with Crippen molar-refractivity contribution >= 4 is 27.8 Å². The number of hydrogen-bond donors (Lipinski definition) is 0. The minimum Gasteiger partial charge on any atom is -0.310 e. The molecule has 6 atom stereocenters. The molecule has 8 aromatic carbocycles. The average molecular weight is 730 g/mol. The van der Waals surface area contributed by atoms with E-state index in [0.29, 0.717) is 5.41 Å². The molecule has 0 aliphatic heterocycles. The minimum atomic E-state index is 0.162. The molecule has 1 heteroatoms. The second kappa shape index (κ2) is 11.7. The Morgan fingerprint density at radius 1 is 0.421 bits per heavy atom. The van der Waals surface area contributed by atoms with Crippen molar-refractivity contribution in [3.8, 4) is 44.5 Å². The van der Waals surface area contributed by atoms with Crippen LogP contribution in [-0.2, 0) is 5.41 Å². The molecule has 0 radical (unpaired) electrons. The third-order valence-corrected chi connectivity index (χ3v) is 15.5. The molecule has 5 aliphatic rings. The molecule has 0 aromatic heterocycles. The molecule has 13 rings (SSSR count).